The van der Waals surface area contributed by atoms with E-state index in [0.717, 1.165) is 24.5 Å². The monoisotopic (exact) mass is 383 g/mol. The first-order valence-electron chi connectivity index (χ1n) is 9.55. The number of nitrogens with zero attached hydrogens (tertiary/aromatic N) is 2. The second kappa shape index (κ2) is 8.73. The molecule has 0 unspecified atom stereocenters. The number of hydrogen-bond acceptors (Lipinski definition) is 6. The van der Waals surface area contributed by atoms with Crippen molar-refractivity contribution in [1.82, 2.24) is 0 Å². The molecule has 7 heteroatoms. The van der Waals surface area contributed by atoms with Crippen LogP contribution in [0.3, 0.4) is 0 Å². The van der Waals surface area contributed by atoms with Crippen LogP contribution >= 0.6 is 0 Å². The molecule has 1 aliphatic rings. The lowest BCUT2D eigenvalue weighted by Gasteiger charge is -2.29. The summed E-state index contributed by atoms with van der Waals surface area (Å²) >= 11 is 0. The van der Waals surface area contributed by atoms with E-state index in [-0.39, 0.29) is 17.4 Å². The first-order chi connectivity index (χ1) is 13.4. The fraction of sp³-hybridized carbons (Fsp3) is 0.381. The maximum Gasteiger partial charge on any atom is 0.338 e. The number of nitro benzene ring substituents is 1. The number of nitro groups is 1. The highest BCUT2D eigenvalue weighted by atomic mass is 16.6. The number of nitrogens with one attached hydrogen (secondary N) is 1. The molecule has 0 amide bonds. The van der Waals surface area contributed by atoms with Crippen LogP contribution in [0.4, 0.5) is 22.7 Å². The number of esters is 1. The first-order valence-corrected chi connectivity index (χ1v) is 9.55. The van der Waals surface area contributed by atoms with Gasteiger partial charge >= 0.3 is 5.97 Å². The lowest BCUT2D eigenvalue weighted by atomic mass is 10.1. The predicted molar refractivity (Wildman–Crippen MR) is 109 cm³/mol. The van der Waals surface area contributed by atoms with Crippen LogP contribution in [0.2, 0.25) is 0 Å². The molecule has 0 saturated carbocycles. The van der Waals surface area contributed by atoms with Crippen LogP contribution in [0.5, 0.6) is 0 Å². The van der Waals surface area contributed by atoms with Crippen molar-refractivity contribution < 1.29 is 14.5 Å². The van der Waals surface area contributed by atoms with E-state index in [2.05, 4.69) is 16.3 Å². The molecular formula is C21H25N3O4. The Morgan fingerprint density at radius 2 is 1.89 bits per heavy atom. The van der Waals surface area contributed by atoms with Gasteiger partial charge in [0.1, 0.15) is 5.69 Å². The van der Waals surface area contributed by atoms with Gasteiger partial charge in [0.05, 0.1) is 16.6 Å². The molecule has 2 aromatic carbocycles. The van der Waals surface area contributed by atoms with Gasteiger partial charge in [0.25, 0.3) is 5.69 Å². The van der Waals surface area contributed by atoms with Gasteiger partial charge in [0, 0.05) is 30.5 Å². The second-order valence-electron chi connectivity index (χ2n) is 7.17. The molecule has 148 valence electrons. The molecule has 1 aliphatic heterocycles. The van der Waals surface area contributed by atoms with Crippen molar-refractivity contribution in [3.63, 3.8) is 0 Å². The lowest BCUT2D eigenvalue weighted by molar-refractivity contribution is -0.383. The van der Waals surface area contributed by atoms with Crippen LogP contribution in [0.1, 0.15) is 43.5 Å². The van der Waals surface area contributed by atoms with Crippen LogP contribution in [0.25, 0.3) is 0 Å². The van der Waals surface area contributed by atoms with Crippen molar-refractivity contribution in [3.8, 4) is 0 Å². The van der Waals surface area contributed by atoms with Gasteiger partial charge in [-0.15, -0.1) is 0 Å². The molecule has 1 fully saturated rings. The Morgan fingerprint density at radius 1 is 1.14 bits per heavy atom. The Bertz CT molecular complexity index is 860. The lowest BCUT2D eigenvalue weighted by Crippen LogP contribution is -2.29. The average molecular weight is 383 g/mol. The van der Waals surface area contributed by atoms with Gasteiger partial charge in [-0.25, -0.2) is 4.79 Å². The van der Waals surface area contributed by atoms with E-state index in [1.165, 1.54) is 31.4 Å². The highest BCUT2D eigenvalue weighted by Crippen LogP contribution is 2.31. The number of hydrogen-bond donors (Lipinski definition) is 1. The van der Waals surface area contributed by atoms with Crippen molar-refractivity contribution in [3.05, 3.63) is 58.1 Å². The molecule has 1 heterocycles. The zero-order valence-corrected chi connectivity index (χ0v) is 16.2. The van der Waals surface area contributed by atoms with Gasteiger partial charge in [-0.3, -0.25) is 10.1 Å². The predicted octanol–water partition coefficient (Wildman–Crippen LogP) is 4.89. The van der Waals surface area contributed by atoms with Gasteiger partial charge in [0.2, 0.25) is 0 Å². The zero-order valence-electron chi connectivity index (χ0n) is 16.2. The highest BCUT2D eigenvalue weighted by molar-refractivity contribution is 5.91. The summed E-state index contributed by atoms with van der Waals surface area (Å²) in [5, 5.41) is 14.6. The minimum absolute atomic E-state index is 0.160. The van der Waals surface area contributed by atoms with Gasteiger partial charge in [0.15, 0.2) is 0 Å². The summed E-state index contributed by atoms with van der Waals surface area (Å²) < 4.78 is 5.12. The number of rotatable bonds is 6. The highest BCUT2D eigenvalue weighted by Gasteiger charge is 2.19. The number of ether oxygens (including phenoxy) is 1. The molecule has 0 radical (unpaired) electrons. The summed E-state index contributed by atoms with van der Waals surface area (Å²) in [5.74, 6) is -0.572. The van der Waals surface area contributed by atoms with Crippen molar-refractivity contribution >= 4 is 28.7 Å². The second-order valence-corrected chi connectivity index (χ2v) is 7.17. The van der Waals surface area contributed by atoms with Crippen molar-refractivity contribution in [2.75, 3.05) is 23.3 Å². The molecule has 3 rings (SSSR count). The number of benzene rings is 2. The molecule has 0 atom stereocenters. The number of carbonyl (C=O) groups excluding carboxylic acids is 1. The van der Waals surface area contributed by atoms with Gasteiger partial charge in [-0.2, -0.15) is 0 Å². The Hall–Kier alpha value is -3.09. The third kappa shape index (κ3) is 4.79. The molecule has 0 aromatic heterocycles. The molecule has 7 nitrogen and oxygen atoms in total. The third-order valence-electron chi connectivity index (χ3n) is 4.62. The first kappa shape index (κ1) is 19.7. The normalized spacial score (nSPS) is 14.0. The molecule has 1 saturated heterocycles. The van der Waals surface area contributed by atoms with Gasteiger partial charge < -0.3 is 15.0 Å². The van der Waals surface area contributed by atoms with E-state index in [0.29, 0.717) is 5.69 Å². The summed E-state index contributed by atoms with van der Waals surface area (Å²) in [5.41, 5.74) is 2.20. The summed E-state index contributed by atoms with van der Waals surface area (Å²) in [7, 11) is 0. The smallest absolute Gasteiger partial charge is 0.338 e. The van der Waals surface area contributed by atoms with Crippen LogP contribution < -0.4 is 10.2 Å². The molecule has 0 bridgehead atoms. The van der Waals surface area contributed by atoms with Crippen LogP contribution in [0.15, 0.2) is 42.5 Å². The summed E-state index contributed by atoms with van der Waals surface area (Å²) in [6.07, 6.45) is 3.32. The Balaban J connectivity index is 1.83. The van der Waals surface area contributed by atoms with Crippen LogP contribution in [0, 0.1) is 10.1 Å². The molecule has 0 spiro atoms. The molecular weight excluding hydrogens is 358 g/mol. The number of carbonyl (C=O) groups is 1. The number of anilines is 3. The van der Waals surface area contributed by atoms with E-state index in [1.807, 2.05) is 18.2 Å². The van der Waals surface area contributed by atoms with Crippen molar-refractivity contribution in [2.24, 2.45) is 0 Å². The molecule has 28 heavy (non-hydrogen) atoms. The SMILES string of the molecule is CC(C)OC(=O)c1ccc(Nc2cccc(N3CCCCC3)c2)c([N+](=O)[O-])c1. The van der Waals surface area contributed by atoms with Crippen molar-refractivity contribution in [2.45, 2.75) is 39.2 Å². The fourth-order valence-corrected chi connectivity index (χ4v) is 3.29. The fourth-order valence-electron chi connectivity index (χ4n) is 3.29. The Morgan fingerprint density at radius 3 is 2.57 bits per heavy atom. The quantitative estimate of drug-likeness (QED) is 0.434. The molecule has 2 aromatic rings. The van der Waals surface area contributed by atoms with E-state index in [9.17, 15) is 14.9 Å². The minimum Gasteiger partial charge on any atom is -0.459 e. The molecule has 0 aliphatic carbocycles. The standard InChI is InChI=1S/C21H25N3O4/c1-15(2)28-21(25)16-9-10-19(20(13-16)24(26)27)22-17-7-6-8-18(14-17)23-11-4-3-5-12-23/h6-10,13-15,22H,3-5,11-12H2,1-2H3. The van der Waals surface area contributed by atoms with Crippen LogP contribution in [-0.4, -0.2) is 30.1 Å². The number of piperidine rings is 1. The largest absolute Gasteiger partial charge is 0.459 e. The van der Waals surface area contributed by atoms with Gasteiger partial charge in [-0.1, -0.05) is 6.07 Å². The Kier molecular flexibility index (Phi) is 6.13. The maximum absolute atomic E-state index is 12.0. The van der Waals surface area contributed by atoms with Crippen molar-refractivity contribution in [1.29, 1.82) is 0 Å². The topological polar surface area (TPSA) is 84.7 Å². The summed E-state index contributed by atoms with van der Waals surface area (Å²) in [4.78, 5) is 25.4. The molecule has 1 N–H and O–H groups in total. The van der Waals surface area contributed by atoms with Crippen LogP contribution in [-0.2, 0) is 4.74 Å². The van der Waals surface area contributed by atoms with Gasteiger partial charge in [-0.05, 0) is 63.4 Å². The zero-order chi connectivity index (χ0) is 20.1. The third-order valence-corrected chi connectivity index (χ3v) is 4.62. The maximum atomic E-state index is 12.0. The van der Waals surface area contributed by atoms with E-state index in [4.69, 9.17) is 4.74 Å². The van der Waals surface area contributed by atoms with E-state index < -0.39 is 10.9 Å². The summed E-state index contributed by atoms with van der Waals surface area (Å²) in [6.45, 7) is 5.52. The van der Waals surface area contributed by atoms with E-state index in [1.54, 1.807) is 19.9 Å². The minimum atomic E-state index is -0.572. The van der Waals surface area contributed by atoms with E-state index >= 15 is 0 Å². The summed E-state index contributed by atoms with van der Waals surface area (Å²) in [6, 6.07) is 12.2. The average Bonchev–Trinajstić information content (AvgIpc) is 2.68. The Labute approximate surface area is 164 Å².